The molecule has 2 aromatic carbocycles. The lowest BCUT2D eigenvalue weighted by Crippen LogP contribution is -2.20. The maximum absolute atomic E-state index is 12.6. The molecule has 0 unspecified atom stereocenters. The Labute approximate surface area is 159 Å². The van der Waals surface area contributed by atoms with Gasteiger partial charge in [-0.15, -0.1) is 10.2 Å². The molecule has 2 aromatic heterocycles. The van der Waals surface area contributed by atoms with Crippen molar-refractivity contribution in [2.75, 3.05) is 0 Å². The van der Waals surface area contributed by atoms with Crippen LogP contribution in [0.4, 0.5) is 0 Å². The third kappa shape index (κ3) is 2.80. The first-order valence-electron chi connectivity index (χ1n) is 8.15. The van der Waals surface area contributed by atoms with Crippen molar-refractivity contribution in [2.24, 2.45) is 7.05 Å². The number of aryl methyl sites for hydroxylation is 2. The highest BCUT2D eigenvalue weighted by Crippen LogP contribution is 2.26. The quantitative estimate of drug-likeness (QED) is 0.546. The van der Waals surface area contributed by atoms with E-state index in [4.69, 9.17) is 21.6 Å². The summed E-state index contributed by atoms with van der Waals surface area (Å²) in [6.07, 6.45) is 0. The van der Waals surface area contributed by atoms with E-state index in [1.165, 1.54) is 4.57 Å². The lowest BCUT2D eigenvalue weighted by molar-refractivity contribution is 0.295. The van der Waals surface area contributed by atoms with Gasteiger partial charge in [0.05, 0.1) is 27.6 Å². The van der Waals surface area contributed by atoms with E-state index in [1.54, 1.807) is 29.6 Å². The SMILES string of the molecule is Cc1ccc2c(c1)c(=O)n(C)c1nnc(COc3ccc(C#N)cc3Cl)n21. The topological polar surface area (TPSA) is 85.2 Å². The molecule has 0 aliphatic carbocycles. The second-order valence-electron chi connectivity index (χ2n) is 6.18. The predicted octanol–water partition coefficient (Wildman–Crippen LogP) is 2.99. The highest BCUT2D eigenvalue weighted by molar-refractivity contribution is 6.32. The number of nitriles is 1. The smallest absolute Gasteiger partial charge is 0.262 e. The maximum Gasteiger partial charge on any atom is 0.262 e. The number of nitrogens with zero attached hydrogens (tertiary/aromatic N) is 5. The van der Waals surface area contributed by atoms with Crippen LogP contribution in [0.3, 0.4) is 0 Å². The molecule has 0 amide bonds. The summed E-state index contributed by atoms with van der Waals surface area (Å²) in [7, 11) is 1.66. The Morgan fingerprint density at radius 2 is 2.04 bits per heavy atom. The van der Waals surface area contributed by atoms with Crippen molar-refractivity contribution in [2.45, 2.75) is 13.5 Å². The van der Waals surface area contributed by atoms with Crippen molar-refractivity contribution in [3.8, 4) is 11.8 Å². The second kappa shape index (κ2) is 6.41. The van der Waals surface area contributed by atoms with Gasteiger partial charge in [-0.2, -0.15) is 5.26 Å². The van der Waals surface area contributed by atoms with Crippen LogP contribution in [0.2, 0.25) is 5.02 Å². The largest absolute Gasteiger partial charge is 0.484 e. The number of halogens is 1. The molecule has 4 rings (SSSR count). The molecule has 0 fully saturated rings. The molecular weight excluding hydrogens is 366 g/mol. The monoisotopic (exact) mass is 379 g/mol. The molecule has 8 heteroatoms. The lowest BCUT2D eigenvalue weighted by atomic mass is 10.1. The van der Waals surface area contributed by atoms with Crippen molar-refractivity contribution < 1.29 is 4.74 Å². The minimum absolute atomic E-state index is 0.105. The van der Waals surface area contributed by atoms with E-state index in [-0.39, 0.29) is 12.2 Å². The van der Waals surface area contributed by atoms with Gasteiger partial charge >= 0.3 is 0 Å². The first kappa shape index (κ1) is 17.1. The summed E-state index contributed by atoms with van der Waals surface area (Å²) in [4.78, 5) is 12.6. The van der Waals surface area contributed by atoms with Crippen molar-refractivity contribution in [1.29, 1.82) is 5.26 Å². The minimum atomic E-state index is -0.129. The van der Waals surface area contributed by atoms with Crippen LogP contribution < -0.4 is 10.3 Å². The highest BCUT2D eigenvalue weighted by Gasteiger charge is 2.15. The fourth-order valence-corrected chi connectivity index (χ4v) is 3.22. The van der Waals surface area contributed by atoms with E-state index in [1.807, 2.05) is 31.2 Å². The van der Waals surface area contributed by atoms with Gasteiger partial charge in [0.15, 0.2) is 5.82 Å². The lowest BCUT2D eigenvalue weighted by Gasteiger charge is -2.10. The molecule has 0 bridgehead atoms. The highest BCUT2D eigenvalue weighted by atomic mass is 35.5. The summed E-state index contributed by atoms with van der Waals surface area (Å²) in [5.74, 6) is 1.41. The molecular formula is C19H14ClN5O2. The Bertz CT molecular complexity index is 1300. The number of aromatic nitrogens is 4. The van der Waals surface area contributed by atoms with Gasteiger partial charge in [-0.3, -0.25) is 13.8 Å². The molecule has 0 aliphatic heterocycles. The average molecular weight is 380 g/mol. The van der Waals surface area contributed by atoms with Gasteiger partial charge in [-0.05, 0) is 37.3 Å². The summed E-state index contributed by atoms with van der Waals surface area (Å²) in [6.45, 7) is 2.04. The summed E-state index contributed by atoms with van der Waals surface area (Å²) < 4.78 is 9.04. The van der Waals surface area contributed by atoms with Crippen molar-refractivity contribution in [3.63, 3.8) is 0 Å². The van der Waals surface area contributed by atoms with Crippen molar-refractivity contribution >= 4 is 28.3 Å². The maximum atomic E-state index is 12.6. The van der Waals surface area contributed by atoms with E-state index in [0.717, 1.165) is 5.56 Å². The third-order valence-corrected chi connectivity index (χ3v) is 4.65. The predicted molar refractivity (Wildman–Crippen MR) is 101 cm³/mol. The molecule has 0 saturated carbocycles. The van der Waals surface area contributed by atoms with Gasteiger partial charge in [0.25, 0.3) is 5.56 Å². The standard InChI is InChI=1S/C19H14ClN5O2/c1-11-3-5-15-13(7-11)18(26)24(2)19-23-22-17(25(15)19)10-27-16-6-4-12(9-21)8-14(16)20/h3-8H,10H2,1-2H3. The van der Waals surface area contributed by atoms with Crippen LogP contribution in [0, 0.1) is 18.3 Å². The molecule has 134 valence electrons. The zero-order chi connectivity index (χ0) is 19.1. The number of hydrogen-bond donors (Lipinski definition) is 0. The minimum Gasteiger partial charge on any atom is -0.484 e. The fraction of sp³-hybridized carbons (Fsp3) is 0.158. The molecule has 0 aliphatic rings. The number of ether oxygens (including phenoxy) is 1. The van der Waals surface area contributed by atoms with Crippen LogP contribution in [0.15, 0.2) is 41.2 Å². The van der Waals surface area contributed by atoms with E-state index in [9.17, 15) is 4.79 Å². The van der Waals surface area contributed by atoms with Crippen LogP contribution in [0.1, 0.15) is 17.0 Å². The van der Waals surface area contributed by atoms with E-state index < -0.39 is 0 Å². The molecule has 0 N–H and O–H groups in total. The van der Waals surface area contributed by atoms with Crippen molar-refractivity contribution in [3.05, 3.63) is 68.7 Å². The Balaban J connectivity index is 1.81. The van der Waals surface area contributed by atoms with Crippen LogP contribution in [0.25, 0.3) is 16.7 Å². The molecule has 7 nitrogen and oxygen atoms in total. The van der Waals surface area contributed by atoms with Crippen LogP contribution in [-0.2, 0) is 13.7 Å². The zero-order valence-electron chi connectivity index (χ0n) is 14.6. The van der Waals surface area contributed by atoms with Gasteiger partial charge in [0, 0.05) is 7.05 Å². The Hall–Kier alpha value is -3.37. The van der Waals surface area contributed by atoms with Gasteiger partial charge < -0.3 is 4.74 Å². The van der Waals surface area contributed by atoms with Crippen molar-refractivity contribution in [1.82, 2.24) is 19.2 Å². The summed E-state index contributed by atoms with van der Waals surface area (Å²) in [5, 5.41) is 18.2. The number of rotatable bonds is 3. The molecule has 27 heavy (non-hydrogen) atoms. The summed E-state index contributed by atoms with van der Waals surface area (Å²) in [5.41, 5.74) is 2.04. The Morgan fingerprint density at radius 1 is 1.22 bits per heavy atom. The van der Waals surface area contributed by atoms with E-state index in [2.05, 4.69) is 10.2 Å². The van der Waals surface area contributed by atoms with E-state index >= 15 is 0 Å². The molecule has 0 atom stereocenters. The van der Waals surface area contributed by atoms with Crippen LogP contribution >= 0.6 is 11.6 Å². The third-order valence-electron chi connectivity index (χ3n) is 4.36. The summed E-state index contributed by atoms with van der Waals surface area (Å²) in [6, 6.07) is 12.5. The molecule has 0 spiro atoms. The Kier molecular flexibility index (Phi) is 4.05. The number of hydrogen-bond acceptors (Lipinski definition) is 5. The Morgan fingerprint density at radius 3 is 2.78 bits per heavy atom. The first-order chi connectivity index (χ1) is 13.0. The van der Waals surface area contributed by atoms with Crippen LogP contribution in [-0.4, -0.2) is 19.2 Å². The van der Waals surface area contributed by atoms with Gasteiger partial charge in [0.2, 0.25) is 5.78 Å². The van der Waals surface area contributed by atoms with Gasteiger partial charge in [-0.1, -0.05) is 23.2 Å². The molecule has 2 heterocycles. The average Bonchev–Trinajstić information content (AvgIpc) is 3.09. The fourth-order valence-electron chi connectivity index (χ4n) is 2.98. The summed E-state index contributed by atoms with van der Waals surface area (Å²) >= 11 is 6.16. The zero-order valence-corrected chi connectivity index (χ0v) is 15.4. The van der Waals surface area contributed by atoms with Gasteiger partial charge in [0.1, 0.15) is 12.4 Å². The van der Waals surface area contributed by atoms with E-state index in [0.29, 0.717) is 38.8 Å². The normalized spacial score (nSPS) is 11.0. The molecule has 0 saturated heterocycles. The second-order valence-corrected chi connectivity index (χ2v) is 6.59. The van der Waals surface area contributed by atoms with Gasteiger partial charge in [-0.25, -0.2) is 0 Å². The number of fused-ring (bicyclic) bond motifs is 3. The molecule has 0 radical (unpaired) electrons. The molecule has 4 aromatic rings. The number of benzene rings is 2. The first-order valence-corrected chi connectivity index (χ1v) is 8.53. The van der Waals surface area contributed by atoms with Crippen LogP contribution in [0.5, 0.6) is 5.75 Å².